The second-order valence-corrected chi connectivity index (χ2v) is 5.74. The molecule has 6 heteroatoms. The van der Waals surface area contributed by atoms with E-state index in [9.17, 15) is 0 Å². The van der Waals surface area contributed by atoms with Gasteiger partial charge in [-0.25, -0.2) is 9.97 Å². The van der Waals surface area contributed by atoms with E-state index in [1.807, 2.05) is 44.3 Å². The molecule has 4 aromatic rings. The van der Waals surface area contributed by atoms with Gasteiger partial charge in [0.05, 0.1) is 5.69 Å². The van der Waals surface area contributed by atoms with E-state index in [-0.39, 0.29) is 0 Å². The summed E-state index contributed by atoms with van der Waals surface area (Å²) in [6, 6.07) is 9.57. The number of pyridine rings is 1. The Morgan fingerprint density at radius 2 is 2.13 bits per heavy atom. The van der Waals surface area contributed by atoms with Crippen LogP contribution in [-0.4, -0.2) is 19.7 Å². The molecular weight excluding hydrogens is 312 g/mol. The van der Waals surface area contributed by atoms with E-state index in [0.29, 0.717) is 16.5 Å². The van der Waals surface area contributed by atoms with Crippen molar-refractivity contribution in [2.45, 2.75) is 6.92 Å². The molecule has 23 heavy (non-hydrogen) atoms. The molecule has 0 saturated heterocycles. The number of nitrogens with zero attached hydrogens (tertiary/aromatic N) is 4. The minimum absolute atomic E-state index is 0.399. The normalized spacial score (nSPS) is 12.4. The predicted molar refractivity (Wildman–Crippen MR) is 91.0 cm³/mol. The SMILES string of the molecule is Cc1nn(C)c2ncc(C=C(Cl)c3nc4ccccc4o3)cc12. The highest BCUT2D eigenvalue weighted by Gasteiger charge is 2.10. The molecule has 0 saturated carbocycles. The number of fused-ring (bicyclic) bond motifs is 2. The molecule has 0 aliphatic heterocycles. The largest absolute Gasteiger partial charge is 0.435 e. The lowest BCUT2D eigenvalue weighted by Crippen LogP contribution is -1.91. The molecule has 0 radical (unpaired) electrons. The van der Waals surface area contributed by atoms with Gasteiger partial charge in [0.1, 0.15) is 10.5 Å². The first-order chi connectivity index (χ1) is 11.1. The summed E-state index contributed by atoms with van der Waals surface area (Å²) in [5.74, 6) is 0.399. The maximum absolute atomic E-state index is 6.36. The van der Waals surface area contributed by atoms with E-state index in [2.05, 4.69) is 15.1 Å². The topological polar surface area (TPSA) is 56.7 Å². The molecule has 1 aromatic carbocycles. The summed E-state index contributed by atoms with van der Waals surface area (Å²) >= 11 is 6.36. The van der Waals surface area contributed by atoms with Gasteiger partial charge in [-0.1, -0.05) is 23.7 Å². The molecule has 0 atom stereocenters. The Morgan fingerprint density at radius 3 is 2.96 bits per heavy atom. The number of benzene rings is 1. The van der Waals surface area contributed by atoms with E-state index in [4.69, 9.17) is 16.0 Å². The Hall–Kier alpha value is -2.66. The first-order valence-electron chi connectivity index (χ1n) is 7.14. The van der Waals surface area contributed by atoms with Crippen LogP contribution in [0.4, 0.5) is 0 Å². The first-order valence-corrected chi connectivity index (χ1v) is 7.52. The third kappa shape index (κ3) is 2.39. The van der Waals surface area contributed by atoms with E-state index in [1.165, 1.54) is 0 Å². The Morgan fingerprint density at radius 1 is 1.30 bits per heavy atom. The van der Waals surface area contributed by atoms with Crippen molar-refractivity contribution < 1.29 is 4.42 Å². The molecule has 5 nitrogen and oxygen atoms in total. The van der Waals surface area contributed by atoms with Crippen molar-refractivity contribution in [1.82, 2.24) is 19.7 Å². The maximum Gasteiger partial charge on any atom is 0.238 e. The molecule has 0 bridgehead atoms. The van der Waals surface area contributed by atoms with Gasteiger partial charge in [0, 0.05) is 18.6 Å². The number of oxazole rings is 1. The fourth-order valence-corrected chi connectivity index (χ4v) is 2.79. The number of hydrogen-bond donors (Lipinski definition) is 0. The highest BCUT2D eigenvalue weighted by Crippen LogP contribution is 2.26. The average molecular weight is 325 g/mol. The molecule has 0 aliphatic carbocycles. The van der Waals surface area contributed by atoms with Gasteiger partial charge >= 0.3 is 0 Å². The quantitative estimate of drug-likeness (QED) is 0.555. The maximum atomic E-state index is 6.36. The van der Waals surface area contributed by atoms with Crippen molar-refractivity contribution in [3.63, 3.8) is 0 Å². The number of aromatic nitrogens is 4. The summed E-state index contributed by atoms with van der Waals surface area (Å²) in [6.07, 6.45) is 3.56. The molecule has 0 unspecified atom stereocenters. The van der Waals surface area contributed by atoms with Gasteiger partial charge in [-0.2, -0.15) is 5.10 Å². The van der Waals surface area contributed by atoms with Crippen LogP contribution in [0.5, 0.6) is 0 Å². The third-order valence-electron chi connectivity index (χ3n) is 3.68. The van der Waals surface area contributed by atoms with Crippen LogP contribution in [0.2, 0.25) is 0 Å². The van der Waals surface area contributed by atoms with E-state index < -0.39 is 0 Å². The standard InChI is InChI=1S/C17H13ClN4O/c1-10-12-7-11(9-19-16(12)22(2)21-10)8-13(18)17-20-14-5-3-4-6-15(14)23-17/h3-9H,1-2H3. The second kappa shape index (κ2) is 5.21. The van der Waals surface area contributed by atoms with Crippen molar-refractivity contribution in [3.8, 4) is 0 Å². The molecule has 0 spiro atoms. The van der Waals surface area contributed by atoms with Gasteiger partial charge in [0.25, 0.3) is 0 Å². The molecule has 0 amide bonds. The zero-order valence-corrected chi connectivity index (χ0v) is 13.4. The van der Waals surface area contributed by atoms with Crippen LogP contribution in [0.3, 0.4) is 0 Å². The predicted octanol–water partition coefficient (Wildman–Crippen LogP) is 4.15. The van der Waals surface area contributed by atoms with Gasteiger partial charge in [0.2, 0.25) is 5.89 Å². The van der Waals surface area contributed by atoms with Crippen LogP contribution in [-0.2, 0) is 7.05 Å². The molecule has 0 aliphatic rings. The van der Waals surface area contributed by atoms with Crippen LogP contribution < -0.4 is 0 Å². The molecule has 3 aromatic heterocycles. The van der Waals surface area contributed by atoms with Gasteiger partial charge in [-0.15, -0.1) is 0 Å². The monoisotopic (exact) mass is 324 g/mol. The Labute approximate surface area is 137 Å². The molecular formula is C17H13ClN4O. The number of hydrogen-bond acceptors (Lipinski definition) is 4. The van der Waals surface area contributed by atoms with Crippen LogP contribution in [0, 0.1) is 6.92 Å². The summed E-state index contributed by atoms with van der Waals surface area (Å²) in [4.78, 5) is 8.83. The second-order valence-electron chi connectivity index (χ2n) is 5.33. The minimum atomic E-state index is 0.399. The van der Waals surface area contributed by atoms with E-state index in [1.54, 1.807) is 17.0 Å². The lowest BCUT2D eigenvalue weighted by atomic mass is 10.2. The average Bonchev–Trinajstić information content (AvgIpc) is 3.09. The van der Waals surface area contributed by atoms with Crippen LogP contribution in [0.25, 0.3) is 33.2 Å². The summed E-state index contributed by atoms with van der Waals surface area (Å²) in [7, 11) is 1.88. The van der Waals surface area contributed by atoms with Gasteiger partial charge in [0.15, 0.2) is 11.2 Å². The molecule has 3 heterocycles. The zero-order chi connectivity index (χ0) is 16.0. The van der Waals surface area contributed by atoms with Crippen LogP contribution in [0.15, 0.2) is 40.9 Å². The molecule has 0 fully saturated rings. The third-order valence-corrected chi connectivity index (χ3v) is 3.95. The number of halogens is 1. The van der Waals surface area contributed by atoms with E-state index in [0.717, 1.165) is 27.8 Å². The Balaban J connectivity index is 1.77. The molecule has 4 rings (SSSR count). The van der Waals surface area contributed by atoms with Gasteiger partial charge < -0.3 is 4.42 Å². The fourth-order valence-electron chi connectivity index (χ4n) is 2.59. The number of aryl methyl sites for hydroxylation is 2. The highest BCUT2D eigenvalue weighted by molar-refractivity contribution is 6.50. The minimum Gasteiger partial charge on any atom is -0.435 e. The molecule has 114 valence electrons. The zero-order valence-electron chi connectivity index (χ0n) is 12.6. The number of rotatable bonds is 2. The smallest absolute Gasteiger partial charge is 0.238 e. The Kier molecular flexibility index (Phi) is 3.16. The lowest BCUT2D eigenvalue weighted by molar-refractivity contribution is 0.588. The highest BCUT2D eigenvalue weighted by atomic mass is 35.5. The van der Waals surface area contributed by atoms with Crippen LogP contribution in [0.1, 0.15) is 17.1 Å². The van der Waals surface area contributed by atoms with Crippen molar-refractivity contribution in [2.24, 2.45) is 7.05 Å². The summed E-state index contributed by atoms with van der Waals surface area (Å²) in [6.45, 7) is 1.96. The fraction of sp³-hybridized carbons (Fsp3) is 0.118. The van der Waals surface area contributed by atoms with E-state index >= 15 is 0 Å². The van der Waals surface area contributed by atoms with Gasteiger partial charge in [-0.3, -0.25) is 4.68 Å². The molecule has 0 N–H and O–H groups in total. The summed E-state index contributed by atoms with van der Waals surface area (Å²) in [5, 5.41) is 5.80. The number of para-hydroxylation sites is 2. The van der Waals surface area contributed by atoms with Crippen molar-refractivity contribution >= 4 is 44.8 Å². The summed E-state index contributed by atoms with van der Waals surface area (Å²) < 4.78 is 7.43. The summed E-state index contributed by atoms with van der Waals surface area (Å²) in [5.41, 5.74) is 4.15. The lowest BCUT2D eigenvalue weighted by Gasteiger charge is -1.97. The van der Waals surface area contributed by atoms with Gasteiger partial charge in [-0.05, 0) is 36.8 Å². The van der Waals surface area contributed by atoms with Crippen molar-refractivity contribution in [3.05, 3.63) is 53.7 Å². The van der Waals surface area contributed by atoms with Crippen molar-refractivity contribution in [2.75, 3.05) is 0 Å². The first kappa shape index (κ1) is 14.0. The Bertz CT molecular complexity index is 1030. The van der Waals surface area contributed by atoms with Crippen LogP contribution >= 0.6 is 11.6 Å². The van der Waals surface area contributed by atoms with Crippen molar-refractivity contribution in [1.29, 1.82) is 0 Å².